The van der Waals surface area contributed by atoms with E-state index in [9.17, 15) is 9.59 Å². The van der Waals surface area contributed by atoms with Gasteiger partial charge in [-0.3, -0.25) is 9.59 Å². The van der Waals surface area contributed by atoms with Gasteiger partial charge in [-0.25, -0.2) is 0 Å². The van der Waals surface area contributed by atoms with E-state index in [1.54, 1.807) is 4.90 Å². The molecular weight excluding hydrogens is 202 g/mol. The smallest absolute Gasteiger partial charge is 0.290 e. The highest BCUT2D eigenvalue weighted by Gasteiger charge is 2.25. The average molecular weight is 217 g/mol. The Bertz CT molecular complexity index is 408. The number of rotatable bonds is 2. The lowest BCUT2D eigenvalue weighted by molar-refractivity contribution is -0.147. The van der Waals surface area contributed by atoms with Crippen molar-refractivity contribution in [3.8, 4) is 0 Å². The summed E-state index contributed by atoms with van der Waals surface area (Å²) >= 11 is 0. The lowest BCUT2D eigenvalue weighted by Gasteiger charge is -2.25. The van der Waals surface area contributed by atoms with Crippen LogP contribution >= 0.6 is 0 Å². The molecule has 0 bridgehead atoms. The predicted octanol–water partition coefficient (Wildman–Crippen LogP) is 1.69. The zero-order valence-electron chi connectivity index (χ0n) is 9.40. The molecule has 0 aliphatic carbocycles. The highest BCUT2D eigenvalue weighted by atomic mass is 16.2. The Morgan fingerprint density at radius 2 is 1.88 bits per heavy atom. The Labute approximate surface area is 95.1 Å². The lowest BCUT2D eigenvalue weighted by atomic mass is 10.1. The Balaban J connectivity index is 2.06. The number of benzene rings is 1. The maximum absolute atomic E-state index is 11.6. The van der Waals surface area contributed by atoms with Crippen LogP contribution in [0.4, 0.5) is 0 Å². The molecule has 1 saturated heterocycles. The van der Waals surface area contributed by atoms with Crippen LogP contribution in [0.5, 0.6) is 0 Å². The van der Waals surface area contributed by atoms with Gasteiger partial charge in [-0.1, -0.05) is 29.8 Å². The minimum absolute atomic E-state index is 0.252. The summed E-state index contributed by atoms with van der Waals surface area (Å²) in [5.41, 5.74) is 2.28. The summed E-state index contributed by atoms with van der Waals surface area (Å²) in [6.45, 7) is 3.27. The van der Waals surface area contributed by atoms with Gasteiger partial charge in [0.15, 0.2) is 0 Å². The molecular formula is C13H15NO2. The molecule has 1 fully saturated rings. The van der Waals surface area contributed by atoms with Crippen LogP contribution in [0.1, 0.15) is 24.0 Å². The number of hydrogen-bond acceptors (Lipinski definition) is 2. The van der Waals surface area contributed by atoms with Crippen LogP contribution in [-0.4, -0.2) is 23.1 Å². The van der Waals surface area contributed by atoms with Crippen molar-refractivity contribution < 1.29 is 9.59 Å². The zero-order valence-corrected chi connectivity index (χ0v) is 9.40. The number of piperidine rings is 1. The minimum atomic E-state index is -0.327. The van der Waals surface area contributed by atoms with Crippen molar-refractivity contribution >= 4 is 11.7 Å². The second kappa shape index (κ2) is 4.47. The Morgan fingerprint density at radius 1 is 1.19 bits per heavy atom. The summed E-state index contributed by atoms with van der Waals surface area (Å²) in [5.74, 6) is -0.579. The molecule has 1 amide bonds. The number of hydrogen-bond donors (Lipinski definition) is 0. The fourth-order valence-corrected chi connectivity index (χ4v) is 1.88. The molecule has 0 saturated carbocycles. The number of ketones is 1. The molecule has 1 aromatic carbocycles. The Kier molecular flexibility index (Phi) is 3.04. The van der Waals surface area contributed by atoms with E-state index in [-0.39, 0.29) is 11.7 Å². The summed E-state index contributed by atoms with van der Waals surface area (Å²) < 4.78 is 0. The summed E-state index contributed by atoms with van der Waals surface area (Å²) in [6, 6.07) is 8.04. The Morgan fingerprint density at radius 3 is 2.56 bits per heavy atom. The van der Waals surface area contributed by atoms with Gasteiger partial charge in [0.25, 0.3) is 5.91 Å². The number of amides is 1. The fourth-order valence-electron chi connectivity index (χ4n) is 1.88. The maximum atomic E-state index is 11.6. The number of likely N-dealkylation sites (tertiary alicyclic amines) is 1. The van der Waals surface area contributed by atoms with Gasteiger partial charge in [-0.05, 0) is 18.9 Å². The second-order valence-corrected chi connectivity index (χ2v) is 4.24. The molecule has 84 valence electrons. The van der Waals surface area contributed by atoms with Crippen molar-refractivity contribution in [1.82, 2.24) is 4.90 Å². The molecule has 0 spiro atoms. The third kappa shape index (κ3) is 2.30. The lowest BCUT2D eigenvalue weighted by Crippen LogP contribution is -2.40. The normalized spacial score (nSPS) is 16.7. The highest BCUT2D eigenvalue weighted by molar-refractivity contribution is 6.36. The van der Waals surface area contributed by atoms with Crippen LogP contribution in [0.25, 0.3) is 0 Å². The quantitative estimate of drug-likeness (QED) is 0.707. The molecule has 3 nitrogen and oxygen atoms in total. The zero-order chi connectivity index (χ0) is 11.5. The monoisotopic (exact) mass is 217 g/mol. The summed E-state index contributed by atoms with van der Waals surface area (Å²) in [4.78, 5) is 24.5. The van der Waals surface area contributed by atoms with Crippen LogP contribution in [-0.2, 0) is 16.1 Å². The third-order valence-electron chi connectivity index (χ3n) is 2.85. The van der Waals surface area contributed by atoms with Gasteiger partial charge in [0.2, 0.25) is 5.78 Å². The van der Waals surface area contributed by atoms with Crippen LogP contribution in [0.3, 0.4) is 0 Å². The van der Waals surface area contributed by atoms with Gasteiger partial charge in [-0.15, -0.1) is 0 Å². The molecule has 0 N–H and O–H groups in total. The Hall–Kier alpha value is -1.64. The first-order valence-corrected chi connectivity index (χ1v) is 5.54. The van der Waals surface area contributed by atoms with Crippen LogP contribution in [0.2, 0.25) is 0 Å². The van der Waals surface area contributed by atoms with Gasteiger partial charge in [0, 0.05) is 19.5 Å². The highest BCUT2D eigenvalue weighted by Crippen LogP contribution is 2.12. The van der Waals surface area contributed by atoms with Crippen molar-refractivity contribution in [2.45, 2.75) is 26.3 Å². The van der Waals surface area contributed by atoms with Gasteiger partial charge in [-0.2, -0.15) is 0 Å². The molecule has 16 heavy (non-hydrogen) atoms. The largest absolute Gasteiger partial charge is 0.332 e. The van der Waals surface area contributed by atoms with E-state index < -0.39 is 0 Å². The number of carbonyl (C=O) groups excluding carboxylic acids is 2. The molecule has 1 aliphatic rings. The number of carbonyl (C=O) groups is 2. The summed E-state index contributed by atoms with van der Waals surface area (Å²) in [6.07, 6.45) is 1.19. The molecule has 0 radical (unpaired) electrons. The molecule has 1 aliphatic heterocycles. The fraction of sp³-hybridized carbons (Fsp3) is 0.385. The molecule has 0 atom stereocenters. The second-order valence-electron chi connectivity index (χ2n) is 4.24. The third-order valence-corrected chi connectivity index (χ3v) is 2.85. The predicted molar refractivity (Wildman–Crippen MR) is 60.8 cm³/mol. The van der Waals surface area contributed by atoms with Gasteiger partial charge >= 0.3 is 0 Å². The van der Waals surface area contributed by atoms with Gasteiger partial charge in [0.05, 0.1) is 0 Å². The summed E-state index contributed by atoms with van der Waals surface area (Å²) in [7, 11) is 0. The average Bonchev–Trinajstić information content (AvgIpc) is 2.28. The van der Waals surface area contributed by atoms with Gasteiger partial charge in [0.1, 0.15) is 0 Å². The van der Waals surface area contributed by atoms with Crippen LogP contribution < -0.4 is 0 Å². The number of nitrogens with zero attached hydrogens (tertiary/aromatic N) is 1. The molecule has 0 unspecified atom stereocenters. The first-order valence-electron chi connectivity index (χ1n) is 5.54. The first kappa shape index (κ1) is 10.9. The maximum Gasteiger partial charge on any atom is 0.290 e. The van der Waals surface area contributed by atoms with Crippen molar-refractivity contribution in [3.63, 3.8) is 0 Å². The molecule has 1 aromatic rings. The molecule has 3 heteroatoms. The van der Waals surface area contributed by atoms with E-state index in [0.29, 0.717) is 19.5 Å². The van der Waals surface area contributed by atoms with Crippen molar-refractivity contribution in [2.75, 3.05) is 6.54 Å². The standard InChI is InChI=1S/C13H15NO2/c1-10-4-6-11(7-5-10)9-14-8-2-3-12(15)13(14)16/h4-7H,2-3,8-9H2,1H3. The minimum Gasteiger partial charge on any atom is -0.332 e. The van der Waals surface area contributed by atoms with E-state index >= 15 is 0 Å². The van der Waals surface area contributed by atoms with Crippen molar-refractivity contribution in [2.24, 2.45) is 0 Å². The van der Waals surface area contributed by atoms with E-state index in [4.69, 9.17) is 0 Å². The molecule has 2 rings (SSSR count). The van der Waals surface area contributed by atoms with E-state index in [1.165, 1.54) is 5.56 Å². The van der Waals surface area contributed by atoms with Crippen molar-refractivity contribution in [1.29, 1.82) is 0 Å². The van der Waals surface area contributed by atoms with E-state index in [0.717, 1.165) is 12.0 Å². The number of aryl methyl sites for hydroxylation is 1. The topological polar surface area (TPSA) is 37.4 Å². The van der Waals surface area contributed by atoms with Gasteiger partial charge < -0.3 is 4.90 Å². The SMILES string of the molecule is Cc1ccc(CN2CCCC(=O)C2=O)cc1. The molecule has 1 heterocycles. The molecule has 0 aromatic heterocycles. The van der Waals surface area contributed by atoms with Crippen LogP contribution in [0, 0.1) is 6.92 Å². The van der Waals surface area contributed by atoms with Crippen LogP contribution in [0.15, 0.2) is 24.3 Å². The van der Waals surface area contributed by atoms with E-state index in [2.05, 4.69) is 0 Å². The number of Topliss-reactive ketones (excluding diaryl/α,β-unsaturated/α-hetero) is 1. The van der Waals surface area contributed by atoms with E-state index in [1.807, 2.05) is 31.2 Å². The summed E-state index contributed by atoms with van der Waals surface area (Å²) in [5, 5.41) is 0. The first-order chi connectivity index (χ1) is 7.66. The van der Waals surface area contributed by atoms with Crippen molar-refractivity contribution in [3.05, 3.63) is 35.4 Å².